The molecule has 1 aliphatic carbocycles. The number of hydrogen-bond acceptors (Lipinski definition) is 8. The van der Waals surface area contributed by atoms with Crippen molar-refractivity contribution < 1.29 is 4.74 Å². The second kappa shape index (κ2) is 12.2. The zero-order chi connectivity index (χ0) is 25.5. The van der Waals surface area contributed by atoms with Crippen LogP contribution in [-0.4, -0.2) is 68.5 Å². The first kappa shape index (κ1) is 26.0. The Morgan fingerprint density at radius 1 is 1.06 bits per heavy atom. The van der Waals surface area contributed by atoms with Crippen molar-refractivity contribution in [3.63, 3.8) is 0 Å². The number of aromatic nitrogens is 5. The van der Waals surface area contributed by atoms with Crippen molar-refractivity contribution in [2.45, 2.75) is 52.0 Å². The standard InChI is InChI=1S/C26H37N7O3/c1-4-32(5-2)17-16-27-15-8-18-36-21-13-11-19(12-14-21)23-28-22-24(30-29-23)33(20-9-6-7-10-20)26(35)31(3)25(22)34/h11-14,20,27H,4-10,15-18H2,1-3H3. The molecule has 194 valence electrons. The maximum absolute atomic E-state index is 12.8. The van der Waals surface area contributed by atoms with Crippen LogP contribution >= 0.6 is 0 Å². The Labute approximate surface area is 211 Å². The number of benzene rings is 1. The summed E-state index contributed by atoms with van der Waals surface area (Å²) in [7, 11) is 1.49. The van der Waals surface area contributed by atoms with Gasteiger partial charge in [-0.3, -0.25) is 13.9 Å². The molecular formula is C26H37N7O3. The Balaban J connectivity index is 1.39. The molecule has 1 N–H and O–H groups in total. The summed E-state index contributed by atoms with van der Waals surface area (Å²) in [6.07, 6.45) is 4.82. The fourth-order valence-corrected chi connectivity index (χ4v) is 4.73. The van der Waals surface area contributed by atoms with E-state index in [4.69, 9.17) is 4.74 Å². The molecule has 0 aliphatic heterocycles. The first-order valence-corrected chi connectivity index (χ1v) is 13.1. The smallest absolute Gasteiger partial charge is 0.332 e. The molecule has 3 aromatic rings. The fraction of sp³-hybridized carbons (Fsp3) is 0.577. The first-order chi connectivity index (χ1) is 17.5. The van der Waals surface area contributed by atoms with Crippen LogP contribution in [0.5, 0.6) is 5.75 Å². The summed E-state index contributed by atoms with van der Waals surface area (Å²) >= 11 is 0. The summed E-state index contributed by atoms with van der Waals surface area (Å²) < 4.78 is 8.58. The lowest BCUT2D eigenvalue weighted by Crippen LogP contribution is -2.40. The summed E-state index contributed by atoms with van der Waals surface area (Å²) in [4.78, 5) is 32.5. The summed E-state index contributed by atoms with van der Waals surface area (Å²) in [5.41, 5.74) is 0.359. The molecule has 0 unspecified atom stereocenters. The predicted molar refractivity (Wildman–Crippen MR) is 141 cm³/mol. The molecule has 10 nitrogen and oxygen atoms in total. The van der Waals surface area contributed by atoms with Crippen LogP contribution in [-0.2, 0) is 7.05 Å². The van der Waals surface area contributed by atoms with Gasteiger partial charge in [-0.05, 0) is 63.2 Å². The molecule has 4 rings (SSSR count). The summed E-state index contributed by atoms with van der Waals surface area (Å²) in [6.45, 7) is 10.1. The predicted octanol–water partition coefficient (Wildman–Crippen LogP) is 2.37. The van der Waals surface area contributed by atoms with Crippen LogP contribution in [0.15, 0.2) is 33.9 Å². The zero-order valence-corrected chi connectivity index (χ0v) is 21.6. The van der Waals surface area contributed by atoms with Crippen LogP contribution < -0.4 is 21.3 Å². The Bertz CT molecular complexity index is 1260. The largest absolute Gasteiger partial charge is 0.494 e. The third kappa shape index (κ3) is 5.82. The van der Waals surface area contributed by atoms with Gasteiger partial charge in [-0.1, -0.05) is 26.7 Å². The van der Waals surface area contributed by atoms with E-state index in [1.165, 1.54) is 7.05 Å². The molecule has 0 bridgehead atoms. The monoisotopic (exact) mass is 495 g/mol. The molecule has 10 heteroatoms. The van der Waals surface area contributed by atoms with Gasteiger partial charge in [0, 0.05) is 31.7 Å². The third-order valence-corrected chi connectivity index (χ3v) is 6.97. The molecule has 2 heterocycles. The van der Waals surface area contributed by atoms with E-state index >= 15 is 0 Å². The topological polar surface area (TPSA) is 107 Å². The van der Waals surface area contributed by atoms with Crippen LogP contribution in [0.1, 0.15) is 52.0 Å². The molecule has 2 aromatic heterocycles. The Hall–Kier alpha value is -3.11. The maximum atomic E-state index is 12.8. The SMILES string of the molecule is CCN(CC)CCNCCCOc1ccc(-c2nnc3c(n2)c(=O)n(C)c(=O)n3C2CCCC2)cc1. The molecule has 0 radical (unpaired) electrons. The van der Waals surface area contributed by atoms with Crippen molar-refractivity contribution in [2.24, 2.45) is 7.05 Å². The van der Waals surface area contributed by atoms with Crippen molar-refractivity contribution in [1.82, 2.24) is 34.5 Å². The molecule has 0 atom stereocenters. The van der Waals surface area contributed by atoms with Crippen LogP contribution in [0.2, 0.25) is 0 Å². The molecule has 0 spiro atoms. The van der Waals surface area contributed by atoms with Gasteiger partial charge < -0.3 is 15.0 Å². The van der Waals surface area contributed by atoms with Crippen molar-refractivity contribution in [1.29, 1.82) is 0 Å². The quantitative estimate of drug-likeness (QED) is 0.382. The van der Waals surface area contributed by atoms with Crippen LogP contribution in [0.4, 0.5) is 0 Å². The van der Waals surface area contributed by atoms with E-state index in [2.05, 4.69) is 39.2 Å². The van der Waals surface area contributed by atoms with Crippen LogP contribution in [0.3, 0.4) is 0 Å². The van der Waals surface area contributed by atoms with Gasteiger partial charge in [0.05, 0.1) is 6.61 Å². The van der Waals surface area contributed by atoms with Crippen molar-refractivity contribution in [2.75, 3.05) is 39.3 Å². The van der Waals surface area contributed by atoms with E-state index in [9.17, 15) is 9.59 Å². The van der Waals surface area contributed by atoms with Crippen LogP contribution in [0.25, 0.3) is 22.6 Å². The number of nitrogens with one attached hydrogen (secondary N) is 1. The van der Waals surface area contributed by atoms with Gasteiger partial charge in [-0.25, -0.2) is 9.78 Å². The second-order valence-electron chi connectivity index (χ2n) is 9.27. The number of fused-ring (bicyclic) bond motifs is 1. The lowest BCUT2D eigenvalue weighted by atomic mass is 10.2. The molecule has 1 saturated carbocycles. The summed E-state index contributed by atoms with van der Waals surface area (Å²) in [6, 6.07) is 7.49. The van der Waals surface area contributed by atoms with Crippen LogP contribution in [0, 0.1) is 0 Å². The minimum Gasteiger partial charge on any atom is -0.494 e. The molecule has 1 aliphatic rings. The van der Waals surface area contributed by atoms with Gasteiger partial charge in [0.2, 0.25) is 0 Å². The number of rotatable bonds is 12. The highest BCUT2D eigenvalue weighted by Gasteiger charge is 2.24. The fourth-order valence-electron chi connectivity index (χ4n) is 4.73. The Kier molecular flexibility index (Phi) is 8.82. The van der Waals surface area contributed by atoms with E-state index in [0.717, 1.165) is 80.7 Å². The minimum atomic E-state index is -0.453. The summed E-state index contributed by atoms with van der Waals surface area (Å²) in [5.74, 6) is 1.11. The Morgan fingerprint density at radius 2 is 1.78 bits per heavy atom. The maximum Gasteiger partial charge on any atom is 0.332 e. The number of hydrogen-bond donors (Lipinski definition) is 1. The van der Waals surface area contributed by atoms with E-state index in [-0.39, 0.29) is 22.9 Å². The van der Waals surface area contributed by atoms with Crippen molar-refractivity contribution in [3.8, 4) is 17.1 Å². The van der Waals surface area contributed by atoms with Gasteiger partial charge in [-0.15, -0.1) is 10.2 Å². The van der Waals surface area contributed by atoms with E-state index in [0.29, 0.717) is 12.4 Å². The van der Waals surface area contributed by atoms with Gasteiger partial charge in [0.25, 0.3) is 5.56 Å². The van der Waals surface area contributed by atoms with E-state index in [1.54, 1.807) is 4.57 Å². The van der Waals surface area contributed by atoms with E-state index < -0.39 is 5.56 Å². The highest BCUT2D eigenvalue weighted by Crippen LogP contribution is 2.29. The van der Waals surface area contributed by atoms with E-state index in [1.807, 2.05) is 24.3 Å². The number of ether oxygens (including phenoxy) is 1. The third-order valence-electron chi connectivity index (χ3n) is 6.97. The normalized spacial score (nSPS) is 14.2. The molecule has 0 saturated heterocycles. The number of nitrogens with zero attached hydrogens (tertiary/aromatic N) is 6. The van der Waals surface area contributed by atoms with Gasteiger partial charge >= 0.3 is 5.69 Å². The summed E-state index contributed by atoms with van der Waals surface area (Å²) in [5, 5.41) is 12.0. The average molecular weight is 496 g/mol. The molecular weight excluding hydrogens is 458 g/mol. The van der Waals surface area contributed by atoms with Gasteiger partial charge in [0.1, 0.15) is 5.75 Å². The van der Waals surface area contributed by atoms with Crippen molar-refractivity contribution in [3.05, 3.63) is 45.1 Å². The Morgan fingerprint density at radius 3 is 2.47 bits per heavy atom. The van der Waals surface area contributed by atoms with Gasteiger partial charge in [-0.2, -0.15) is 0 Å². The highest BCUT2D eigenvalue weighted by atomic mass is 16.5. The minimum absolute atomic E-state index is 0.0303. The average Bonchev–Trinajstić information content (AvgIpc) is 3.44. The molecule has 0 amide bonds. The molecule has 36 heavy (non-hydrogen) atoms. The van der Waals surface area contributed by atoms with Gasteiger partial charge in [0.15, 0.2) is 17.0 Å². The molecule has 1 fully saturated rings. The lowest BCUT2D eigenvalue weighted by Gasteiger charge is -2.18. The lowest BCUT2D eigenvalue weighted by molar-refractivity contribution is 0.291. The molecule has 1 aromatic carbocycles. The second-order valence-corrected chi connectivity index (χ2v) is 9.27. The number of likely N-dealkylation sites (N-methyl/N-ethyl adjacent to an activating group) is 1. The highest BCUT2D eigenvalue weighted by molar-refractivity contribution is 5.71. The first-order valence-electron chi connectivity index (χ1n) is 13.1. The van der Waals surface area contributed by atoms with Crippen molar-refractivity contribution >= 4 is 11.2 Å². The zero-order valence-electron chi connectivity index (χ0n) is 21.6.